The molecule has 1 N–H and O–H groups in total. The van der Waals surface area contributed by atoms with Gasteiger partial charge in [0, 0.05) is 11.0 Å². The second-order valence-corrected chi connectivity index (χ2v) is 6.52. The smallest absolute Gasteiger partial charge is 0.292 e. The lowest BCUT2D eigenvalue weighted by Gasteiger charge is -2.26. The van der Waals surface area contributed by atoms with Crippen molar-refractivity contribution in [3.8, 4) is 0 Å². The molecule has 1 saturated heterocycles. The van der Waals surface area contributed by atoms with E-state index in [4.69, 9.17) is 9.47 Å². The molecule has 6 heteroatoms. The van der Waals surface area contributed by atoms with E-state index in [9.17, 15) is 10.0 Å². The molecule has 1 spiro atoms. The predicted molar refractivity (Wildman–Crippen MR) is 81.1 cm³/mol. The Morgan fingerprint density at radius 1 is 1.32 bits per heavy atom. The molecule has 1 aromatic carbocycles. The van der Waals surface area contributed by atoms with Gasteiger partial charge in [0.25, 0.3) is 11.7 Å². The van der Waals surface area contributed by atoms with E-state index in [1.165, 1.54) is 0 Å². The van der Waals surface area contributed by atoms with Gasteiger partial charge in [-0.05, 0) is 6.07 Å². The first-order chi connectivity index (χ1) is 10.4. The van der Waals surface area contributed by atoms with Gasteiger partial charge in [-0.25, -0.2) is 0 Å². The molecule has 1 aromatic rings. The number of hydrogen-bond acceptors (Lipinski definition) is 5. The van der Waals surface area contributed by atoms with Crippen LogP contribution in [0.1, 0.15) is 26.3 Å². The number of amides is 1. The van der Waals surface area contributed by atoms with Gasteiger partial charge in [-0.1, -0.05) is 44.1 Å². The molecule has 6 nitrogen and oxygen atoms in total. The average molecular weight is 304 g/mol. The number of para-hydroxylation sites is 1. The summed E-state index contributed by atoms with van der Waals surface area (Å²) in [5.74, 6) is -1.61. The number of carbonyl (C=O) groups excluding carboxylic acids is 1. The summed E-state index contributed by atoms with van der Waals surface area (Å²) in [6, 6.07) is 7.41. The predicted octanol–water partition coefficient (Wildman–Crippen LogP) is 2.11. The molecular formula is C16H20N2O4. The molecule has 1 amide bonds. The van der Waals surface area contributed by atoms with Crippen molar-refractivity contribution in [3.05, 3.63) is 29.8 Å². The Balaban J connectivity index is 2.02. The zero-order chi connectivity index (χ0) is 16.0. The Kier molecular flexibility index (Phi) is 3.45. The van der Waals surface area contributed by atoms with Crippen molar-refractivity contribution in [2.24, 2.45) is 10.6 Å². The van der Waals surface area contributed by atoms with Crippen LogP contribution in [0.25, 0.3) is 0 Å². The van der Waals surface area contributed by atoms with Crippen molar-refractivity contribution in [1.82, 2.24) is 0 Å². The van der Waals surface area contributed by atoms with Gasteiger partial charge >= 0.3 is 0 Å². The number of oxime groups is 1. The van der Waals surface area contributed by atoms with Gasteiger partial charge in [-0.2, -0.15) is 0 Å². The summed E-state index contributed by atoms with van der Waals surface area (Å²) < 4.78 is 11.3. The van der Waals surface area contributed by atoms with Crippen molar-refractivity contribution in [1.29, 1.82) is 0 Å². The maximum absolute atomic E-state index is 12.9. The van der Waals surface area contributed by atoms with E-state index in [2.05, 4.69) is 5.16 Å². The Hall–Kier alpha value is -1.92. The molecule has 0 aliphatic carbocycles. The van der Waals surface area contributed by atoms with E-state index in [-0.39, 0.29) is 17.9 Å². The summed E-state index contributed by atoms with van der Waals surface area (Å²) in [4.78, 5) is 14.5. The highest BCUT2D eigenvalue weighted by molar-refractivity contribution is 6.10. The summed E-state index contributed by atoms with van der Waals surface area (Å²) in [7, 11) is 0. The van der Waals surface area contributed by atoms with E-state index in [1.54, 1.807) is 4.90 Å². The van der Waals surface area contributed by atoms with E-state index < -0.39 is 5.79 Å². The quantitative estimate of drug-likeness (QED) is 0.516. The molecule has 0 unspecified atom stereocenters. The number of nitrogens with zero attached hydrogens (tertiary/aromatic N) is 2. The lowest BCUT2D eigenvalue weighted by Crippen LogP contribution is -2.45. The minimum absolute atomic E-state index is 0.199. The normalized spacial score (nSPS) is 20.8. The molecule has 0 atom stereocenters. The number of fused-ring (bicyclic) bond motifs is 2. The molecular weight excluding hydrogens is 284 g/mol. The Labute approximate surface area is 129 Å². The number of benzene rings is 1. The SMILES string of the molecule is CC(C)(C)C(CN1C(=O)C2(OCCO2)c2ccccc21)=NO. The first-order valence-electron chi connectivity index (χ1n) is 7.31. The van der Waals surface area contributed by atoms with Crippen LogP contribution >= 0.6 is 0 Å². The lowest BCUT2D eigenvalue weighted by molar-refractivity contribution is -0.180. The highest BCUT2D eigenvalue weighted by atomic mass is 16.7. The molecule has 0 aromatic heterocycles. The number of rotatable bonds is 2. The van der Waals surface area contributed by atoms with Gasteiger partial charge in [-0.15, -0.1) is 0 Å². The molecule has 0 saturated carbocycles. The fraction of sp³-hybridized carbons (Fsp3) is 0.500. The van der Waals surface area contributed by atoms with E-state index in [1.807, 2.05) is 45.0 Å². The van der Waals surface area contributed by atoms with Crippen LogP contribution in [-0.2, 0) is 20.1 Å². The third-order valence-corrected chi connectivity index (χ3v) is 4.06. The summed E-state index contributed by atoms with van der Waals surface area (Å²) >= 11 is 0. The number of ether oxygens (including phenoxy) is 2. The first-order valence-corrected chi connectivity index (χ1v) is 7.31. The fourth-order valence-corrected chi connectivity index (χ4v) is 2.81. The number of hydrogen-bond donors (Lipinski definition) is 1. The molecule has 0 bridgehead atoms. The molecule has 118 valence electrons. The van der Waals surface area contributed by atoms with Crippen LogP contribution in [0, 0.1) is 5.41 Å². The third kappa shape index (κ3) is 2.10. The van der Waals surface area contributed by atoms with Gasteiger partial charge in [-0.3, -0.25) is 4.79 Å². The number of anilines is 1. The van der Waals surface area contributed by atoms with Crippen LogP contribution < -0.4 is 4.90 Å². The second kappa shape index (κ2) is 5.07. The largest absolute Gasteiger partial charge is 0.411 e. The monoisotopic (exact) mass is 304 g/mol. The van der Waals surface area contributed by atoms with Gasteiger partial charge in [0.15, 0.2) is 0 Å². The Morgan fingerprint density at radius 3 is 2.55 bits per heavy atom. The summed E-state index contributed by atoms with van der Waals surface area (Å²) in [6.07, 6.45) is 0. The maximum atomic E-state index is 12.9. The average Bonchev–Trinajstić information content (AvgIpc) is 3.04. The molecule has 0 radical (unpaired) electrons. The molecule has 3 rings (SSSR count). The van der Waals surface area contributed by atoms with Crippen LogP contribution in [0.3, 0.4) is 0 Å². The van der Waals surface area contributed by atoms with Crippen LogP contribution in [0.4, 0.5) is 5.69 Å². The van der Waals surface area contributed by atoms with Crippen LogP contribution in [-0.4, -0.2) is 36.6 Å². The van der Waals surface area contributed by atoms with Crippen molar-refractivity contribution >= 4 is 17.3 Å². The second-order valence-electron chi connectivity index (χ2n) is 6.52. The molecule has 2 aliphatic heterocycles. The zero-order valence-electron chi connectivity index (χ0n) is 13.0. The van der Waals surface area contributed by atoms with Crippen molar-refractivity contribution in [3.63, 3.8) is 0 Å². The van der Waals surface area contributed by atoms with Crippen molar-refractivity contribution < 1.29 is 19.5 Å². The van der Waals surface area contributed by atoms with Crippen LogP contribution in [0.5, 0.6) is 0 Å². The lowest BCUT2D eigenvalue weighted by atomic mass is 9.89. The van der Waals surface area contributed by atoms with E-state index >= 15 is 0 Å². The van der Waals surface area contributed by atoms with Crippen molar-refractivity contribution in [2.45, 2.75) is 26.6 Å². The van der Waals surface area contributed by atoms with Gasteiger partial charge in [0.2, 0.25) is 0 Å². The number of carbonyl (C=O) groups is 1. The Bertz CT molecular complexity index is 627. The van der Waals surface area contributed by atoms with Crippen LogP contribution in [0.2, 0.25) is 0 Å². The zero-order valence-corrected chi connectivity index (χ0v) is 13.0. The highest BCUT2D eigenvalue weighted by Gasteiger charge is 2.56. The minimum atomic E-state index is -1.34. The molecule has 22 heavy (non-hydrogen) atoms. The van der Waals surface area contributed by atoms with E-state index in [0.29, 0.717) is 24.5 Å². The molecule has 1 fully saturated rings. The minimum Gasteiger partial charge on any atom is -0.411 e. The highest BCUT2D eigenvalue weighted by Crippen LogP contribution is 2.45. The summed E-state index contributed by atoms with van der Waals surface area (Å²) in [6.45, 7) is 6.78. The topological polar surface area (TPSA) is 71.4 Å². The maximum Gasteiger partial charge on any atom is 0.292 e. The Morgan fingerprint density at radius 2 is 1.95 bits per heavy atom. The fourth-order valence-electron chi connectivity index (χ4n) is 2.81. The van der Waals surface area contributed by atoms with Gasteiger partial charge < -0.3 is 19.6 Å². The third-order valence-electron chi connectivity index (χ3n) is 4.06. The van der Waals surface area contributed by atoms with Gasteiger partial charge in [0.05, 0.1) is 31.2 Å². The first kappa shape index (κ1) is 15.0. The summed E-state index contributed by atoms with van der Waals surface area (Å²) in [5.41, 5.74) is 1.62. The van der Waals surface area contributed by atoms with Gasteiger partial charge in [0.1, 0.15) is 0 Å². The van der Waals surface area contributed by atoms with Crippen molar-refractivity contribution in [2.75, 3.05) is 24.7 Å². The van der Waals surface area contributed by atoms with Crippen LogP contribution in [0.15, 0.2) is 29.4 Å². The molecule has 2 heterocycles. The standard InChI is InChI=1S/C16H20N2O4/c1-15(2,3)13(17-20)10-18-12-7-5-4-6-11(12)16(14(18)19)21-8-9-22-16/h4-7,20H,8-10H2,1-3H3. The van der Waals surface area contributed by atoms with E-state index in [0.717, 1.165) is 5.69 Å². The summed E-state index contributed by atoms with van der Waals surface area (Å²) in [5, 5.41) is 12.7. The molecule has 2 aliphatic rings.